The van der Waals surface area contributed by atoms with E-state index >= 15 is 0 Å². The van der Waals surface area contributed by atoms with Crippen LogP contribution in [0.2, 0.25) is 0 Å². The van der Waals surface area contributed by atoms with Crippen molar-refractivity contribution in [1.82, 2.24) is 15.5 Å². The fourth-order valence-electron chi connectivity index (χ4n) is 1.94. The smallest absolute Gasteiger partial charge is 0.230 e. The Morgan fingerprint density at radius 2 is 2.29 bits per heavy atom. The first-order valence-corrected chi connectivity index (χ1v) is 7.55. The summed E-state index contributed by atoms with van der Waals surface area (Å²) in [7, 11) is -1.13. The molecule has 0 spiro atoms. The average Bonchev–Trinajstić information content (AvgIpc) is 2.76. The number of sulfone groups is 1. The molecule has 0 aromatic carbocycles. The van der Waals surface area contributed by atoms with Crippen molar-refractivity contribution in [3.63, 3.8) is 0 Å². The summed E-state index contributed by atoms with van der Waals surface area (Å²) < 4.78 is 28.2. The van der Waals surface area contributed by atoms with E-state index in [1.807, 2.05) is 14.0 Å². The normalized spacial score (nSPS) is 25.6. The van der Waals surface area contributed by atoms with Crippen LogP contribution in [-0.4, -0.2) is 37.1 Å². The quantitative estimate of drug-likeness (QED) is 0.857. The van der Waals surface area contributed by atoms with Gasteiger partial charge in [-0.05, 0) is 26.8 Å². The summed E-state index contributed by atoms with van der Waals surface area (Å²) in [5.41, 5.74) is 0. The molecule has 2 atom stereocenters. The first kappa shape index (κ1) is 12.5. The van der Waals surface area contributed by atoms with Crippen molar-refractivity contribution in [3.8, 4) is 0 Å². The topological polar surface area (TPSA) is 85.1 Å². The molecule has 2 rings (SSSR count). The zero-order valence-electron chi connectivity index (χ0n) is 10.0. The van der Waals surface area contributed by atoms with Gasteiger partial charge >= 0.3 is 0 Å². The molecule has 1 aromatic rings. The van der Waals surface area contributed by atoms with Crippen molar-refractivity contribution in [2.75, 3.05) is 18.6 Å². The number of hydrogen-bond acceptors (Lipinski definition) is 6. The Morgan fingerprint density at radius 1 is 1.53 bits per heavy atom. The summed E-state index contributed by atoms with van der Waals surface area (Å²) in [6.45, 7) is 1.92. The maximum absolute atomic E-state index is 11.5. The molecule has 7 heteroatoms. The molecule has 96 valence electrons. The van der Waals surface area contributed by atoms with Crippen molar-refractivity contribution in [1.29, 1.82) is 0 Å². The van der Waals surface area contributed by atoms with Gasteiger partial charge in [-0.25, -0.2) is 8.42 Å². The van der Waals surface area contributed by atoms with E-state index in [1.165, 1.54) is 0 Å². The van der Waals surface area contributed by atoms with E-state index in [2.05, 4.69) is 15.5 Å². The van der Waals surface area contributed by atoms with Gasteiger partial charge in [0.1, 0.15) is 0 Å². The molecule has 1 fully saturated rings. The molecule has 2 heterocycles. The molecule has 0 bridgehead atoms. The maximum atomic E-state index is 11.5. The van der Waals surface area contributed by atoms with E-state index in [4.69, 9.17) is 4.52 Å². The van der Waals surface area contributed by atoms with Crippen molar-refractivity contribution in [2.24, 2.45) is 0 Å². The summed E-state index contributed by atoms with van der Waals surface area (Å²) in [4.78, 5) is 4.27. The average molecular weight is 259 g/mol. The Morgan fingerprint density at radius 3 is 2.94 bits per heavy atom. The highest BCUT2D eigenvalue weighted by molar-refractivity contribution is 7.91. The second-order valence-electron chi connectivity index (χ2n) is 4.45. The first-order valence-electron chi connectivity index (χ1n) is 5.73. The molecule has 1 N–H and O–H groups in total. The van der Waals surface area contributed by atoms with Crippen molar-refractivity contribution >= 4 is 9.84 Å². The van der Waals surface area contributed by atoms with Gasteiger partial charge in [-0.2, -0.15) is 4.98 Å². The van der Waals surface area contributed by atoms with Crippen LogP contribution in [0.1, 0.15) is 43.4 Å². The van der Waals surface area contributed by atoms with Crippen molar-refractivity contribution in [2.45, 2.75) is 31.7 Å². The highest BCUT2D eigenvalue weighted by atomic mass is 32.2. The van der Waals surface area contributed by atoms with Crippen LogP contribution in [0.25, 0.3) is 0 Å². The molecule has 0 radical (unpaired) electrons. The fraction of sp³-hybridized carbons (Fsp3) is 0.800. The fourth-order valence-corrected chi connectivity index (χ4v) is 3.63. The Kier molecular flexibility index (Phi) is 3.48. The first-order chi connectivity index (χ1) is 8.02. The van der Waals surface area contributed by atoms with Crippen LogP contribution in [0.15, 0.2) is 4.52 Å². The molecule has 17 heavy (non-hydrogen) atoms. The molecule has 6 nitrogen and oxygen atoms in total. The molecule has 0 saturated carbocycles. The zero-order chi connectivity index (χ0) is 12.5. The van der Waals surface area contributed by atoms with E-state index in [-0.39, 0.29) is 23.5 Å². The van der Waals surface area contributed by atoms with E-state index < -0.39 is 9.84 Å². The van der Waals surface area contributed by atoms with Crippen LogP contribution in [0.5, 0.6) is 0 Å². The molecule has 1 aromatic heterocycles. The molecule has 1 saturated heterocycles. The zero-order valence-corrected chi connectivity index (χ0v) is 10.8. The largest absolute Gasteiger partial charge is 0.339 e. The number of hydrogen-bond donors (Lipinski definition) is 1. The monoisotopic (exact) mass is 259 g/mol. The predicted octanol–water partition coefficient (Wildman–Crippen LogP) is 0.642. The SMILES string of the molecule is CNC(C)c1noc(C2CCCS(=O)(=O)C2)n1. The lowest BCUT2D eigenvalue weighted by Gasteiger charge is -2.18. The van der Waals surface area contributed by atoms with E-state index in [0.717, 1.165) is 6.42 Å². The standard InChI is InChI=1S/C10H17N3O3S/c1-7(11-2)9-12-10(16-13-9)8-4-3-5-17(14,15)6-8/h7-8,11H,3-6H2,1-2H3. The lowest BCUT2D eigenvalue weighted by atomic mass is 10.1. The Bertz CT molecular complexity index is 483. The summed E-state index contributed by atoms with van der Waals surface area (Å²) >= 11 is 0. The molecular weight excluding hydrogens is 242 g/mol. The van der Waals surface area contributed by atoms with Gasteiger partial charge in [0.25, 0.3) is 0 Å². The third-order valence-corrected chi connectivity index (χ3v) is 4.91. The predicted molar refractivity (Wildman–Crippen MR) is 62.4 cm³/mol. The van der Waals surface area contributed by atoms with Gasteiger partial charge in [-0.3, -0.25) is 0 Å². The minimum atomic E-state index is -2.94. The molecular formula is C10H17N3O3S. The van der Waals surface area contributed by atoms with Crippen molar-refractivity contribution in [3.05, 3.63) is 11.7 Å². The summed E-state index contributed by atoms with van der Waals surface area (Å²) in [6.07, 6.45) is 1.47. The van der Waals surface area contributed by atoms with Crippen LogP contribution in [0, 0.1) is 0 Å². The number of nitrogens with zero attached hydrogens (tertiary/aromatic N) is 2. The van der Waals surface area contributed by atoms with Gasteiger partial charge in [0.2, 0.25) is 5.89 Å². The second-order valence-corrected chi connectivity index (χ2v) is 6.68. The van der Waals surface area contributed by atoms with Crippen LogP contribution < -0.4 is 5.32 Å². The van der Waals surface area contributed by atoms with Crippen LogP contribution in [0.3, 0.4) is 0 Å². The number of nitrogens with one attached hydrogen (secondary N) is 1. The molecule has 1 aliphatic heterocycles. The summed E-state index contributed by atoms with van der Waals surface area (Å²) in [6, 6.07) is 0.00713. The minimum Gasteiger partial charge on any atom is -0.339 e. The Balaban J connectivity index is 2.15. The molecule has 0 aliphatic carbocycles. The van der Waals surface area contributed by atoms with Crippen LogP contribution >= 0.6 is 0 Å². The highest BCUT2D eigenvalue weighted by Crippen LogP contribution is 2.27. The van der Waals surface area contributed by atoms with Crippen LogP contribution in [-0.2, 0) is 9.84 Å². The minimum absolute atomic E-state index is 0.00713. The van der Waals surface area contributed by atoms with Crippen molar-refractivity contribution < 1.29 is 12.9 Å². The lowest BCUT2D eigenvalue weighted by molar-refractivity contribution is 0.343. The Hall–Kier alpha value is -0.950. The number of aromatic nitrogens is 2. The summed E-state index contributed by atoms with van der Waals surface area (Å²) in [5.74, 6) is 1.29. The highest BCUT2D eigenvalue weighted by Gasteiger charge is 2.30. The molecule has 2 unspecified atom stereocenters. The van der Waals surface area contributed by atoms with E-state index in [1.54, 1.807) is 0 Å². The third kappa shape index (κ3) is 2.84. The maximum Gasteiger partial charge on any atom is 0.230 e. The van der Waals surface area contributed by atoms with Gasteiger partial charge in [0.05, 0.1) is 23.5 Å². The van der Waals surface area contributed by atoms with Gasteiger partial charge < -0.3 is 9.84 Å². The van der Waals surface area contributed by atoms with Crippen LogP contribution in [0.4, 0.5) is 0 Å². The van der Waals surface area contributed by atoms with Gasteiger partial charge in [-0.15, -0.1) is 0 Å². The van der Waals surface area contributed by atoms with Gasteiger partial charge in [0, 0.05) is 0 Å². The third-order valence-electron chi connectivity index (χ3n) is 3.09. The Labute approximate surface area is 101 Å². The van der Waals surface area contributed by atoms with E-state index in [9.17, 15) is 8.42 Å². The number of rotatable bonds is 3. The second kappa shape index (κ2) is 4.73. The van der Waals surface area contributed by atoms with E-state index in [0.29, 0.717) is 18.1 Å². The molecule has 1 aliphatic rings. The van der Waals surface area contributed by atoms with Gasteiger partial charge in [-0.1, -0.05) is 5.16 Å². The molecule has 0 amide bonds. The summed E-state index contributed by atoms with van der Waals surface area (Å²) in [5, 5.41) is 6.88. The van der Waals surface area contributed by atoms with Gasteiger partial charge in [0.15, 0.2) is 15.7 Å². The lowest BCUT2D eigenvalue weighted by Crippen LogP contribution is -2.24.